The standard InChI is InChI=1S/C10H21N3O3S/c1-4-8-7-10(8,11)9(14)12-17(15,16)13(5-2)6-3/h8H,4-7,11H2,1-3H3,(H,12,14)/t8?,10-/m1/s1. The maximum atomic E-state index is 11.8. The fraction of sp³-hybridized carbons (Fsp3) is 0.900. The molecular formula is C10H21N3O3S. The number of hydrogen-bond donors (Lipinski definition) is 2. The Balaban J connectivity index is 2.70. The number of nitrogens with two attached hydrogens (primary N) is 1. The minimum Gasteiger partial charge on any atom is -0.317 e. The lowest BCUT2D eigenvalue weighted by molar-refractivity contribution is -0.121. The molecule has 1 fully saturated rings. The second-order valence-electron chi connectivity index (χ2n) is 4.37. The van der Waals surface area contributed by atoms with Crippen LogP contribution in [0.3, 0.4) is 0 Å². The van der Waals surface area contributed by atoms with Gasteiger partial charge in [0, 0.05) is 13.1 Å². The maximum Gasteiger partial charge on any atom is 0.303 e. The fourth-order valence-corrected chi connectivity index (χ4v) is 3.21. The van der Waals surface area contributed by atoms with Crippen molar-refractivity contribution in [1.82, 2.24) is 9.03 Å². The highest BCUT2D eigenvalue weighted by Crippen LogP contribution is 2.43. The lowest BCUT2D eigenvalue weighted by atomic mass is 10.2. The van der Waals surface area contributed by atoms with Gasteiger partial charge < -0.3 is 5.73 Å². The van der Waals surface area contributed by atoms with Crippen LogP contribution >= 0.6 is 0 Å². The molecule has 2 atom stereocenters. The molecule has 0 saturated heterocycles. The predicted octanol–water partition coefficient (Wildman–Crippen LogP) is -0.183. The highest BCUT2D eigenvalue weighted by Gasteiger charge is 2.56. The molecule has 3 N–H and O–H groups in total. The normalized spacial score (nSPS) is 28.2. The van der Waals surface area contributed by atoms with E-state index in [0.29, 0.717) is 19.5 Å². The summed E-state index contributed by atoms with van der Waals surface area (Å²) in [6.07, 6.45) is 1.35. The first-order valence-electron chi connectivity index (χ1n) is 5.93. The van der Waals surface area contributed by atoms with Crippen LogP contribution in [0.1, 0.15) is 33.6 Å². The van der Waals surface area contributed by atoms with Crippen LogP contribution in [0.25, 0.3) is 0 Å². The third-order valence-corrected chi connectivity index (χ3v) is 4.97. The summed E-state index contributed by atoms with van der Waals surface area (Å²) in [5.74, 6) is -0.495. The summed E-state index contributed by atoms with van der Waals surface area (Å²) >= 11 is 0. The molecule has 0 bridgehead atoms. The SMILES string of the molecule is CCC1C[C@]1(N)C(=O)NS(=O)(=O)N(CC)CC. The first-order valence-corrected chi connectivity index (χ1v) is 7.37. The van der Waals surface area contributed by atoms with Gasteiger partial charge in [0.25, 0.3) is 5.91 Å². The highest BCUT2D eigenvalue weighted by atomic mass is 32.2. The van der Waals surface area contributed by atoms with Crippen LogP contribution in [-0.2, 0) is 15.0 Å². The summed E-state index contributed by atoms with van der Waals surface area (Å²) in [6.45, 7) is 6.03. The number of nitrogens with zero attached hydrogens (tertiary/aromatic N) is 1. The van der Waals surface area contributed by atoms with Crippen molar-refractivity contribution >= 4 is 16.1 Å². The van der Waals surface area contributed by atoms with Gasteiger partial charge in [-0.2, -0.15) is 12.7 Å². The van der Waals surface area contributed by atoms with E-state index >= 15 is 0 Å². The quantitative estimate of drug-likeness (QED) is 0.695. The van der Waals surface area contributed by atoms with Gasteiger partial charge in [0.2, 0.25) is 0 Å². The molecule has 0 aromatic rings. The van der Waals surface area contributed by atoms with E-state index in [1.807, 2.05) is 6.92 Å². The van der Waals surface area contributed by atoms with Gasteiger partial charge in [0.1, 0.15) is 0 Å². The molecule has 1 aliphatic carbocycles. The van der Waals surface area contributed by atoms with Gasteiger partial charge in [-0.25, -0.2) is 4.72 Å². The topological polar surface area (TPSA) is 92.5 Å². The number of nitrogens with one attached hydrogen (secondary N) is 1. The summed E-state index contributed by atoms with van der Waals surface area (Å²) in [4.78, 5) is 11.8. The summed E-state index contributed by atoms with van der Waals surface area (Å²) < 4.78 is 26.9. The van der Waals surface area contributed by atoms with Crippen LogP contribution in [0.2, 0.25) is 0 Å². The van der Waals surface area contributed by atoms with Crippen LogP contribution in [0, 0.1) is 5.92 Å². The van der Waals surface area contributed by atoms with Crippen molar-refractivity contribution in [3.05, 3.63) is 0 Å². The Morgan fingerprint density at radius 2 is 1.94 bits per heavy atom. The zero-order valence-corrected chi connectivity index (χ0v) is 11.4. The van der Waals surface area contributed by atoms with Crippen LogP contribution in [0.5, 0.6) is 0 Å². The van der Waals surface area contributed by atoms with Gasteiger partial charge >= 0.3 is 10.2 Å². The van der Waals surface area contributed by atoms with Gasteiger partial charge in [-0.1, -0.05) is 27.2 Å². The molecule has 17 heavy (non-hydrogen) atoms. The molecule has 6 nitrogen and oxygen atoms in total. The monoisotopic (exact) mass is 263 g/mol. The zero-order chi connectivity index (χ0) is 13.3. The third kappa shape index (κ3) is 2.78. The summed E-state index contributed by atoms with van der Waals surface area (Å²) in [7, 11) is -3.74. The molecular weight excluding hydrogens is 242 g/mol. The summed E-state index contributed by atoms with van der Waals surface area (Å²) in [6, 6.07) is 0. The second kappa shape index (κ2) is 4.91. The van der Waals surface area contributed by atoms with Crippen molar-refractivity contribution in [2.24, 2.45) is 11.7 Å². The highest BCUT2D eigenvalue weighted by molar-refractivity contribution is 7.87. The van der Waals surface area contributed by atoms with E-state index in [0.717, 1.165) is 6.42 Å². The van der Waals surface area contributed by atoms with Crippen LogP contribution in [0.4, 0.5) is 0 Å². The minimum absolute atomic E-state index is 0.0920. The predicted molar refractivity (Wildman–Crippen MR) is 65.3 cm³/mol. The maximum absolute atomic E-state index is 11.8. The van der Waals surface area contributed by atoms with E-state index in [9.17, 15) is 13.2 Å². The Morgan fingerprint density at radius 1 is 1.41 bits per heavy atom. The van der Waals surface area contributed by atoms with E-state index < -0.39 is 21.7 Å². The van der Waals surface area contributed by atoms with E-state index in [1.54, 1.807) is 13.8 Å². The number of carbonyl (C=O) groups excluding carboxylic acids is 1. The van der Waals surface area contributed by atoms with Crippen LogP contribution < -0.4 is 10.5 Å². The van der Waals surface area contributed by atoms with E-state index in [-0.39, 0.29) is 5.92 Å². The first kappa shape index (κ1) is 14.4. The van der Waals surface area contributed by atoms with Gasteiger partial charge in [-0.05, 0) is 12.3 Å². The van der Waals surface area contributed by atoms with E-state index in [1.165, 1.54) is 4.31 Å². The molecule has 0 heterocycles. The third-order valence-electron chi connectivity index (χ3n) is 3.34. The van der Waals surface area contributed by atoms with Crippen molar-refractivity contribution in [2.45, 2.75) is 39.2 Å². The number of carbonyl (C=O) groups is 1. The molecule has 1 amide bonds. The Labute approximate surface area is 103 Å². The molecule has 0 radical (unpaired) electrons. The first-order chi connectivity index (χ1) is 7.81. The Kier molecular flexibility index (Phi) is 4.16. The van der Waals surface area contributed by atoms with Crippen molar-refractivity contribution in [3.63, 3.8) is 0 Å². The molecule has 0 aromatic heterocycles. The van der Waals surface area contributed by atoms with Crippen LogP contribution in [0.15, 0.2) is 0 Å². The van der Waals surface area contributed by atoms with Gasteiger partial charge in [0.05, 0.1) is 5.54 Å². The van der Waals surface area contributed by atoms with Crippen molar-refractivity contribution in [3.8, 4) is 0 Å². The lowest BCUT2D eigenvalue weighted by Gasteiger charge is -2.20. The fourth-order valence-electron chi connectivity index (χ4n) is 1.98. The van der Waals surface area contributed by atoms with Crippen LogP contribution in [-0.4, -0.2) is 37.3 Å². The van der Waals surface area contributed by atoms with E-state index in [2.05, 4.69) is 4.72 Å². The molecule has 100 valence electrons. The van der Waals surface area contributed by atoms with Crippen molar-refractivity contribution < 1.29 is 13.2 Å². The Morgan fingerprint density at radius 3 is 2.29 bits per heavy atom. The van der Waals surface area contributed by atoms with Crippen molar-refractivity contribution in [1.29, 1.82) is 0 Å². The van der Waals surface area contributed by atoms with Gasteiger partial charge in [0.15, 0.2) is 0 Å². The van der Waals surface area contributed by atoms with E-state index in [4.69, 9.17) is 5.73 Å². The molecule has 1 rings (SSSR count). The molecule has 1 unspecified atom stereocenters. The molecule has 0 spiro atoms. The molecule has 0 aromatic carbocycles. The smallest absolute Gasteiger partial charge is 0.303 e. The molecule has 0 aliphatic heterocycles. The Bertz CT molecular complexity index is 392. The van der Waals surface area contributed by atoms with Gasteiger partial charge in [-0.3, -0.25) is 4.79 Å². The lowest BCUT2D eigenvalue weighted by Crippen LogP contribution is -2.51. The summed E-state index contributed by atoms with van der Waals surface area (Å²) in [5, 5.41) is 0. The number of hydrogen-bond acceptors (Lipinski definition) is 4. The number of amides is 1. The van der Waals surface area contributed by atoms with Gasteiger partial charge in [-0.15, -0.1) is 0 Å². The largest absolute Gasteiger partial charge is 0.317 e. The molecule has 1 saturated carbocycles. The molecule has 1 aliphatic rings. The minimum atomic E-state index is -3.74. The zero-order valence-electron chi connectivity index (χ0n) is 10.6. The summed E-state index contributed by atoms with van der Waals surface area (Å²) in [5.41, 5.74) is 4.85. The number of rotatable bonds is 6. The average molecular weight is 263 g/mol. The molecule has 7 heteroatoms. The Hall–Kier alpha value is -0.660. The second-order valence-corrected chi connectivity index (χ2v) is 6.04. The average Bonchev–Trinajstić information content (AvgIpc) is 2.92. The van der Waals surface area contributed by atoms with Crippen molar-refractivity contribution in [2.75, 3.05) is 13.1 Å².